The third-order valence-electron chi connectivity index (χ3n) is 5.86. The van der Waals surface area contributed by atoms with Gasteiger partial charge in [0.1, 0.15) is 5.75 Å². The zero-order valence-corrected chi connectivity index (χ0v) is 14.6. The van der Waals surface area contributed by atoms with Gasteiger partial charge < -0.3 is 15.0 Å². The number of nitrogens with one attached hydrogen (secondary N) is 1. The molecule has 2 aromatic rings. The normalized spacial score (nSPS) is 24.0. The van der Waals surface area contributed by atoms with Crippen molar-refractivity contribution >= 4 is 17.3 Å². The van der Waals surface area contributed by atoms with Crippen LogP contribution in [0.3, 0.4) is 0 Å². The van der Waals surface area contributed by atoms with Crippen LogP contribution in [0.5, 0.6) is 5.75 Å². The minimum Gasteiger partial charge on any atom is -0.497 e. The molecule has 3 heterocycles. The van der Waals surface area contributed by atoms with Gasteiger partial charge in [0.2, 0.25) is 0 Å². The number of hydrogen-bond donors (Lipinski definition) is 1. The van der Waals surface area contributed by atoms with Crippen LogP contribution in [-0.2, 0) is 6.42 Å². The average molecular weight is 341 g/mol. The molecule has 3 aliphatic heterocycles. The molecule has 124 valence electrons. The van der Waals surface area contributed by atoms with E-state index in [9.17, 15) is 0 Å². The summed E-state index contributed by atoms with van der Waals surface area (Å²) in [5.74, 6) is 1.42. The highest BCUT2D eigenvalue weighted by atomic mass is 35.5. The number of ether oxygens (including phenoxy) is 1. The summed E-state index contributed by atoms with van der Waals surface area (Å²) >= 11 is 6.53. The fourth-order valence-electron chi connectivity index (χ4n) is 4.77. The fraction of sp³-hybridized carbons (Fsp3) is 0.400. The van der Waals surface area contributed by atoms with Gasteiger partial charge in [-0.25, -0.2) is 0 Å². The van der Waals surface area contributed by atoms with E-state index in [1.165, 1.54) is 35.3 Å². The van der Waals surface area contributed by atoms with Crippen LogP contribution >= 0.6 is 11.6 Å². The predicted molar refractivity (Wildman–Crippen MR) is 98.5 cm³/mol. The van der Waals surface area contributed by atoms with Gasteiger partial charge in [0.05, 0.1) is 12.1 Å². The van der Waals surface area contributed by atoms with Crippen molar-refractivity contribution in [2.75, 3.05) is 31.6 Å². The van der Waals surface area contributed by atoms with Crippen molar-refractivity contribution in [1.82, 2.24) is 5.32 Å². The number of nitrogens with zero attached hydrogens (tertiary/aromatic N) is 1. The number of benzene rings is 2. The lowest BCUT2D eigenvalue weighted by Crippen LogP contribution is -2.43. The quantitative estimate of drug-likeness (QED) is 0.899. The van der Waals surface area contributed by atoms with Crippen molar-refractivity contribution in [3.8, 4) is 16.9 Å². The van der Waals surface area contributed by atoms with E-state index in [4.69, 9.17) is 16.3 Å². The smallest absolute Gasteiger partial charge is 0.120 e. The molecule has 24 heavy (non-hydrogen) atoms. The van der Waals surface area contributed by atoms with Crippen LogP contribution in [0.1, 0.15) is 23.5 Å². The second-order valence-electron chi connectivity index (χ2n) is 7.03. The topological polar surface area (TPSA) is 24.5 Å². The summed E-state index contributed by atoms with van der Waals surface area (Å²) in [6.07, 6.45) is 2.40. The number of anilines is 1. The Hall–Kier alpha value is -1.71. The van der Waals surface area contributed by atoms with Gasteiger partial charge in [-0.15, -0.1) is 0 Å². The summed E-state index contributed by atoms with van der Waals surface area (Å²) in [5.41, 5.74) is 6.86. The van der Waals surface area contributed by atoms with E-state index in [1.54, 1.807) is 7.11 Å². The molecule has 3 nitrogen and oxygen atoms in total. The maximum Gasteiger partial charge on any atom is 0.120 e. The number of hydrogen-bond acceptors (Lipinski definition) is 3. The van der Waals surface area contributed by atoms with Crippen LogP contribution < -0.4 is 15.0 Å². The summed E-state index contributed by atoms with van der Waals surface area (Å²) < 4.78 is 5.28. The van der Waals surface area contributed by atoms with Crippen LogP contribution in [0.4, 0.5) is 5.69 Å². The Kier molecular flexibility index (Phi) is 3.29. The Morgan fingerprint density at radius 1 is 1.25 bits per heavy atom. The first kappa shape index (κ1) is 14.6. The molecule has 0 amide bonds. The molecule has 0 spiro atoms. The second-order valence-corrected chi connectivity index (χ2v) is 7.44. The molecule has 2 atom stereocenters. The summed E-state index contributed by atoms with van der Waals surface area (Å²) in [5, 5.41) is 4.33. The third-order valence-corrected chi connectivity index (χ3v) is 6.17. The van der Waals surface area contributed by atoms with E-state index in [2.05, 4.69) is 28.4 Å². The molecular formula is C20H21ClN2O. The molecular weight excluding hydrogens is 320 g/mol. The van der Waals surface area contributed by atoms with E-state index in [0.717, 1.165) is 35.8 Å². The lowest BCUT2D eigenvalue weighted by atomic mass is 9.87. The fourth-order valence-corrected chi connectivity index (χ4v) is 5.05. The second kappa shape index (κ2) is 5.40. The van der Waals surface area contributed by atoms with Gasteiger partial charge in [-0.1, -0.05) is 11.6 Å². The van der Waals surface area contributed by atoms with Gasteiger partial charge in [0.15, 0.2) is 0 Å². The zero-order chi connectivity index (χ0) is 16.3. The van der Waals surface area contributed by atoms with Gasteiger partial charge in [-0.3, -0.25) is 0 Å². The van der Waals surface area contributed by atoms with Crippen LogP contribution in [0.15, 0.2) is 30.3 Å². The molecule has 0 radical (unpaired) electrons. The Labute approximate surface area is 147 Å². The van der Waals surface area contributed by atoms with Crippen LogP contribution in [0.25, 0.3) is 11.1 Å². The van der Waals surface area contributed by atoms with Gasteiger partial charge in [-0.05, 0) is 66.4 Å². The number of fused-ring (bicyclic) bond motifs is 3. The maximum atomic E-state index is 6.53. The molecule has 2 unspecified atom stereocenters. The number of piperidine rings is 1. The molecule has 0 aromatic heterocycles. The summed E-state index contributed by atoms with van der Waals surface area (Å²) in [7, 11) is 1.67. The van der Waals surface area contributed by atoms with Crippen molar-refractivity contribution in [2.45, 2.75) is 24.8 Å². The van der Waals surface area contributed by atoms with Crippen LogP contribution in [0, 0.1) is 0 Å². The first-order valence-electron chi connectivity index (χ1n) is 8.74. The minimum absolute atomic E-state index is 0.616. The highest BCUT2D eigenvalue weighted by Crippen LogP contribution is 2.50. The first-order valence-corrected chi connectivity index (χ1v) is 9.12. The van der Waals surface area contributed by atoms with Gasteiger partial charge in [0.25, 0.3) is 0 Å². The molecule has 0 saturated carbocycles. The Morgan fingerprint density at radius 3 is 3.00 bits per heavy atom. The average Bonchev–Trinajstić information content (AvgIpc) is 3.18. The van der Waals surface area contributed by atoms with E-state index in [-0.39, 0.29) is 0 Å². The molecule has 5 rings (SSSR count). The number of halogens is 1. The largest absolute Gasteiger partial charge is 0.497 e. The standard InChI is InChI=1S/C20H21ClN2O/c1-24-14-2-3-15(18(21)10-14)13-8-12-5-7-23-19-4-6-22-11-17(19)16(9-13)20(12)23/h2-3,8-10,17,19,22H,4-7,11H2,1H3. The first-order chi connectivity index (χ1) is 11.8. The van der Waals surface area contributed by atoms with Crippen molar-refractivity contribution in [3.05, 3.63) is 46.5 Å². The van der Waals surface area contributed by atoms with Crippen molar-refractivity contribution in [1.29, 1.82) is 0 Å². The van der Waals surface area contributed by atoms with Gasteiger partial charge in [-0.2, -0.15) is 0 Å². The van der Waals surface area contributed by atoms with E-state index in [0.29, 0.717) is 12.0 Å². The molecule has 4 heteroatoms. The molecule has 0 bridgehead atoms. The summed E-state index contributed by atoms with van der Waals surface area (Å²) in [6, 6.07) is 11.4. The highest BCUT2D eigenvalue weighted by Gasteiger charge is 2.43. The summed E-state index contributed by atoms with van der Waals surface area (Å²) in [6.45, 7) is 3.40. The Morgan fingerprint density at radius 2 is 2.17 bits per heavy atom. The molecule has 0 aliphatic carbocycles. The molecule has 1 fully saturated rings. The Balaban J connectivity index is 1.64. The summed E-state index contributed by atoms with van der Waals surface area (Å²) in [4.78, 5) is 2.66. The molecule has 1 N–H and O–H groups in total. The zero-order valence-electron chi connectivity index (χ0n) is 13.8. The molecule has 1 saturated heterocycles. The molecule has 2 aromatic carbocycles. The minimum atomic E-state index is 0.616. The SMILES string of the molecule is COc1ccc(-c2cc3c4c(c2)C2CNCCC2N4CC3)c(Cl)c1. The number of rotatable bonds is 2. The van der Waals surface area contributed by atoms with Gasteiger partial charge in [0, 0.05) is 36.3 Å². The molecule has 3 aliphatic rings. The van der Waals surface area contributed by atoms with Crippen molar-refractivity contribution in [3.63, 3.8) is 0 Å². The van der Waals surface area contributed by atoms with E-state index >= 15 is 0 Å². The van der Waals surface area contributed by atoms with Crippen LogP contribution in [0.2, 0.25) is 5.02 Å². The van der Waals surface area contributed by atoms with E-state index < -0.39 is 0 Å². The van der Waals surface area contributed by atoms with Gasteiger partial charge >= 0.3 is 0 Å². The van der Waals surface area contributed by atoms with Crippen LogP contribution in [-0.4, -0.2) is 32.8 Å². The van der Waals surface area contributed by atoms with Crippen molar-refractivity contribution in [2.24, 2.45) is 0 Å². The predicted octanol–water partition coefficient (Wildman–Crippen LogP) is 3.84. The lowest BCUT2D eigenvalue weighted by Gasteiger charge is -2.32. The van der Waals surface area contributed by atoms with E-state index in [1.807, 2.05) is 12.1 Å². The highest BCUT2D eigenvalue weighted by molar-refractivity contribution is 6.33. The van der Waals surface area contributed by atoms with Crippen molar-refractivity contribution < 1.29 is 4.74 Å². The third kappa shape index (κ3) is 2.01. The maximum absolute atomic E-state index is 6.53. The monoisotopic (exact) mass is 340 g/mol. The Bertz CT molecular complexity index is 820. The lowest BCUT2D eigenvalue weighted by molar-refractivity contribution is 0.405. The number of methoxy groups -OCH3 is 1.